The molecule has 3 aromatic heterocycles. The number of methoxy groups -OCH3 is 1. The maximum Gasteiger partial charge on any atom is 0.409 e. The van der Waals surface area contributed by atoms with Gasteiger partial charge in [0, 0.05) is 32.3 Å². The van der Waals surface area contributed by atoms with E-state index in [-0.39, 0.29) is 12.0 Å². The maximum atomic E-state index is 12.4. The zero-order chi connectivity index (χ0) is 28.2. The normalized spacial score (nSPS) is 23.4. The average molecular weight is 555 g/mol. The van der Waals surface area contributed by atoms with Crippen LogP contribution in [0.4, 0.5) is 10.6 Å². The lowest BCUT2D eigenvalue weighted by molar-refractivity contribution is -0.137. The van der Waals surface area contributed by atoms with Crippen LogP contribution in [0, 0.1) is 5.92 Å². The van der Waals surface area contributed by atoms with E-state index in [2.05, 4.69) is 20.6 Å². The number of pyridine rings is 1. The van der Waals surface area contributed by atoms with Gasteiger partial charge < -0.3 is 35.2 Å². The number of aliphatic hydroxyl groups is 2. The maximum absolute atomic E-state index is 12.4. The molecule has 4 N–H and O–H groups in total. The molecule has 0 radical (unpaired) electrons. The van der Waals surface area contributed by atoms with Crippen molar-refractivity contribution in [3.8, 4) is 0 Å². The van der Waals surface area contributed by atoms with Crippen LogP contribution in [-0.2, 0) is 27.2 Å². The number of likely N-dealkylation sites (N-methyl/N-ethyl adjacent to an activating group) is 1. The number of ether oxygens (including phenoxy) is 2. The molecule has 1 unspecified atom stereocenters. The van der Waals surface area contributed by atoms with E-state index in [1.165, 1.54) is 18.0 Å². The van der Waals surface area contributed by atoms with Crippen molar-refractivity contribution >= 4 is 29.0 Å². The average Bonchev–Trinajstić information content (AvgIpc) is 3.52. The van der Waals surface area contributed by atoms with Crippen molar-refractivity contribution in [1.29, 1.82) is 0 Å². The summed E-state index contributed by atoms with van der Waals surface area (Å²) < 4.78 is 12.2. The number of fused-ring (bicyclic) bond motifs is 1. The molecule has 0 bridgehead atoms. The lowest BCUT2D eigenvalue weighted by Gasteiger charge is -2.30. The number of hydrogen-bond acceptors (Lipinski definition) is 11. The van der Waals surface area contributed by atoms with Gasteiger partial charge in [-0.2, -0.15) is 0 Å². The lowest BCUT2D eigenvalue weighted by Crippen LogP contribution is -2.42. The Kier molecular flexibility index (Phi) is 8.38. The van der Waals surface area contributed by atoms with Crippen molar-refractivity contribution in [2.45, 2.75) is 57.3 Å². The number of imidazole rings is 1. The molecular formula is C26H34N8O6. The predicted molar refractivity (Wildman–Crippen MR) is 142 cm³/mol. The van der Waals surface area contributed by atoms with Crippen LogP contribution in [-0.4, -0.2) is 96.7 Å². The number of amides is 2. The van der Waals surface area contributed by atoms with Crippen LogP contribution in [0.2, 0.25) is 0 Å². The van der Waals surface area contributed by atoms with Crippen LogP contribution in [0.1, 0.15) is 37.5 Å². The summed E-state index contributed by atoms with van der Waals surface area (Å²) in [5, 5.41) is 27.3. The quantitative estimate of drug-likeness (QED) is 0.307. The number of hydrogen-bond donors (Lipinski definition) is 4. The number of carbonyl (C=O) groups excluding carboxylic acids is 2. The molecule has 5 heterocycles. The van der Waals surface area contributed by atoms with E-state index in [0.29, 0.717) is 55.4 Å². The van der Waals surface area contributed by atoms with Gasteiger partial charge in [0.15, 0.2) is 29.3 Å². The van der Waals surface area contributed by atoms with Gasteiger partial charge in [-0.05, 0) is 37.8 Å². The Morgan fingerprint density at radius 2 is 1.95 bits per heavy atom. The zero-order valence-electron chi connectivity index (χ0n) is 22.4. The fourth-order valence-corrected chi connectivity index (χ4v) is 5.13. The predicted octanol–water partition coefficient (Wildman–Crippen LogP) is 0.610. The van der Waals surface area contributed by atoms with Crippen molar-refractivity contribution in [2.75, 3.05) is 32.1 Å². The van der Waals surface area contributed by atoms with Gasteiger partial charge in [0.25, 0.3) is 5.91 Å². The summed E-state index contributed by atoms with van der Waals surface area (Å²) in [5.74, 6) is 0.787. The summed E-state index contributed by atoms with van der Waals surface area (Å²) in [7, 11) is 1.38. The molecule has 0 saturated carbocycles. The van der Waals surface area contributed by atoms with Crippen molar-refractivity contribution in [3.63, 3.8) is 0 Å². The van der Waals surface area contributed by atoms with Gasteiger partial charge in [-0.25, -0.2) is 19.7 Å². The minimum atomic E-state index is -1.42. The molecule has 0 aliphatic carbocycles. The summed E-state index contributed by atoms with van der Waals surface area (Å²) in [4.78, 5) is 44.4. The van der Waals surface area contributed by atoms with E-state index in [0.717, 1.165) is 18.5 Å². The minimum Gasteiger partial charge on any atom is -0.453 e. The Hall–Kier alpha value is -3.88. The Morgan fingerprint density at radius 3 is 2.65 bits per heavy atom. The largest absolute Gasteiger partial charge is 0.453 e. The van der Waals surface area contributed by atoms with Crippen LogP contribution in [0.3, 0.4) is 0 Å². The van der Waals surface area contributed by atoms with Crippen LogP contribution in [0.5, 0.6) is 0 Å². The first kappa shape index (κ1) is 27.7. The molecular weight excluding hydrogens is 520 g/mol. The number of aliphatic hydroxyl groups excluding tert-OH is 2. The second-order valence-electron chi connectivity index (χ2n) is 9.91. The molecule has 4 atom stereocenters. The molecule has 40 heavy (non-hydrogen) atoms. The number of piperidine rings is 1. The SMILES string of the molecule is CCNC(=O)[C@H]1O[C@@H](n2cnc3c(NCc4ccccn4)nc(CC4CCN(C(=O)OC)CC4)nc32)C(O)[C@H]1O. The van der Waals surface area contributed by atoms with Gasteiger partial charge in [-0.15, -0.1) is 0 Å². The molecule has 14 heteroatoms. The third-order valence-electron chi connectivity index (χ3n) is 7.27. The fourth-order valence-electron chi connectivity index (χ4n) is 5.13. The van der Waals surface area contributed by atoms with E-state index in [4.69, 9.17) is 19.4 Å². The van der Waals surface area contributed by atoms with Crippen molar-refractivity contribution in [2.24, 2.45) is 5.92 Å². The summed E-state index contributed by atoms with van der Waals surface area (Å²) >= 11 is 0. The van der Waals surface area contributed by atoms with Gasteiger partial charge in [-0.1, -0.05) is 6.07 Å². The van der Waals surface area contributed by atoms with Crippen LogP contribution < -0.4 is 10.6 Å². The van der Waals surface area contributed by atoms with Gasteiger partial charge >= 0.3 is 6.09 Å². The second-order valence-corrected chi connectivity index (χ2v) is 9.91. The van der Waals surface area contributed by atoms with Crippen LogP contribution in [0.15, 0.2) is 30.7 Å². The molecule has 2 saturated heterocycles. The lowest BCUT2D eigenvalue weighted by atomic mass is 9.93. The molecule has 14 nitrogen and oxygen atoms in total. The zero-order valence-corrected chi connectivity index (χ0v) is 22.4. The Balaban J connectivity index is 1.43. The van der Waals surface area contributed by atoms with E-state index in [1.807, 2.05) is 18.2 Å². The highest BCUT2D eigenvalue weighted by molar-refractivity contribution is 5.84. The number of aromatic nitrogens is 5. The first-order chi connectivity index (χ1) is 19.4. The molecule has 0 aromatic carbocycles. The first-order valence-corrected chi connectivity index (χ1v) is 13.4. The molecule has 2 aliphatic rings. The smallest absolute Gasteiger partial charge is 0.409 e. The van der Waals surface area contributed by atoms with Gasteiger partial charge in [0.2, 0.25) is 0 Å². The number of likely N-dealkylation sites (tertiary alicyclic amines) is 1. The van der Waals surface area contributed by atoms with Gasteiger partial charge in [0.1, 0.15) is 18.0 Å². The van der Waals surface area contributed by atoms with Crippen molar-refractivity contribution in [1.82, 2.24) is 34.7 Å². The highest BCUT2D eigenvalue weighted by atomic mass is 16.6. The third-order valence-corrected chi connectivity index (χ3v) is 7.27. The van der Waals surface area contributed by atoms with E-state index in [1.54, 1.807) is 18.0 Å². The number of anilines is 1. The monoisotopic (exact) mass is 554 g/mol. The van der Waals surface area contributed by atoms with Crippen LogP contribution in [0.25, 0.3) is 11.2 Å². The van der Waals surface area contributed by atoms with Crippen molar-refractivity contribution < 1.29 is 29.3 Å². The van der Waals surface area contributed by atoms with Gasteiger partial charge in [0.05, 0.1) is 25.7 Å². The molecule has 3 aromatic rings. The molecule has 2 fully saturated rings. The third kappa shape index (κ3) is 5.69. The van der Waals surface area contributed by atoms with E-state index in [9.17, 15) is 19.8 Å². The second kappa shape index (κ2) is 12.1. The summed E-state index contributed by atoms with van der Waals surface area (Å²) in [6, 6.07) is 5.63. The molecule has 0 spiro atoms. The Labute approximate surface area is 230 Å². The number of nitrogens with zero attached hydrogens (tertiary/aromatic N) is 6. The van der Waals surface area contributed by atoms with E-state index < -0.39 is 30.4 Å². The summed E-state index contributed by atoms with van der Waals surface area (Å²) in [6.07, 6.45) is -0.158. The van der Waals surface area contributed by atoms with Gasteiger partial charge in [-0.3, -0.25) is 14.3 Å². The molecule has 2 amide bonds. The molecule has 2 aliphatic heterocycles. The minimum absolute atomic E-state index is 0.246. The van der Waals surface area contributed by atoms with Crippen molar-refractivity contribution in [3.05, 3.63) is 42.2 Å². The molecule has 5 rings (SSSR count). The topological polar surface area (TPSA) is 177 Å². The highest BCUT2D eigenvalue weighted by Gasteiger charge is 2.47. The number of carbonyl (C=O) groups is 2. The molecule has 214 valence electrons. The Morgan fingerprint density at radius 1 is 1.15 bits per heavy atom. The standard InChI is InChI=1S/C26H34N8O6/c1-3-27-24(37)21-19(35)20(36)25(40-21)34-14-30-18-22(29-13-16-6-4-5-9-28-16)31-17(32-23(18)34)12-15-7-10-33(11-8-15)26(38)39-2/h4-6,9,14-15,19-21,25,35-36H,3,7-8,10-13H2,1-2H3,(H,27,37)(H,29,31,32)/t19-,20?,21+,25-/m1/s1. The Bertz CT molecular complexity index is 1330. The number of nitrogens with one attached hydrogen (secondary N) is 2. The fraction of sp³-hybridized carbons (Fsp3) is 0.538. The number of rotatable bonds is 8. The van der Waals surface area contributed by atoms with Crippen LogP contribution >= 0.6 is 0 Å². The van der Waals surface area contributed by atoms with E-state index >= 15 is 0 Å². The summed E-state index contributed by atoms with van der Waals surface area (Å²) in [6.45, 7) is 3.69. The highest BCUT2D eigenvalue weighted by Crippen LogP contribution is 2.33. The summed E-state index contributed by atoms with van der Waals surface area (Å²) in [5.41, 5.74) is 1.66. The first-order valence-electron chi connectivity index (χ1n) is 13.4.